The van der Waals surface area contributed by atoms with E-state index in [-0.39, 0.29) is 0 Å². The zero-order valence-electron chi connectivity index (χ0n) is 14.8. The van der Waals surface area contributed by atoms with Gasteiger partial charge in [-0.1, -0.05) is 87.0 Å². The lowest BCUT2D eigenvalue weighted by Gasteiger charge is -2.13. The second kappa shape index (κ2) is 8.12. The number of nitrogens with one attached hydrogen (secondary N) is 1. The van der Waals surface area contributed by atoms with Gasteiger partial charge in [0.1, 0.15) is 0 Å². The summed E-state index contributed by atoms with van der Waals surface area (Å²) >= 11 is 0. The maximum atomic E-state index is 3.58. The molecule has 0 aliphatic heterocycles. The number of benzene rings is 2. The van der Waals surface area contributed by atoms with Gasteiger partial charge >= 0.3 is 0 Å². The molecular formula is C23H27N. The Labute approximate surface area is 146 Å². The summed E-state index contributed by atoms with van der Waals surface area (Å²) in [5, 5.41) is 3.58. The van der Waals surface area contributed by atoms with Gasteiger partial charge in [-0.25, -0.2) is 0 Å². The Morgan fingerprint density at radius 2 is 1.50 bits per heavy atom. The van der Waals surface area contributed by atoms with Crippen LogP contribution in [0.4, 0.5) is 0 Å². The minimum absolute atomic E-state index is 0.751. The molecule has 0 amide bonds. The van der Waals surface area contributed by atoms with Gasteiger partial charge in [-0.05, 0) is 53.3 Å². The van der Waals surface area contributed by atoms with Crippen LogP contribution in [-0.2, 0) is 0 Å². The first-order valence-electron chi connectivity index (χ1n) is 9.07. The second-order valence-corrected chi connectivity index (χ2v) is 6.63. The molecular weight excluding hydrogens is 290 g/mol. The molecule has 0 bridgehead atoms. The van der Waals surface area contributed by atoms with Crippen molar-refractivity contribution in [1.29, 1.82) is 0 Å². The topological polar surface area (TPSA) is 12.0 Å². The van der Waals surface area contributed by atoms with E-state index < -0.39 is 0 Å². The molecule has 0 saturated carbocycles. The first kappa shape index (κ1) is 16.7. The van der Waals surface area contributed by atoms with Gasteiger partial charge in [0.2, 0.25) is 0 Å². The van der Waals surface area contributed by atoms with E-state index in [0.717, 1.165) is 25.4 Å². The third-order valence-corrected chi connectivity index (χ3v) is 4.80. The van der Waals surface area contributed by atoms with Crippen LogP contribution in [-0.4, -0.2) is 13.1 Å². The summed E-state index contributed by atoms with van der Waals surface area (Å²) < 4.78 is 0. The predicted molar refractivity (Wildman–Crippen MR) is 106 cm³/mol. The first-order valence-corrected chi connectivity index (χ1v) is 9.07. The molecule has 1 atom stereocenters. The zero-order valence-corrected chi connectivity index (χ0v) is 14.8. The Bertz CT molecular complexity index is 688. The number of hydrogen-bond acceptors (Lipinski definition) is 1. The van der Waals surface area contributed by atoms with Crippen LogP contribution in [0.1, 0.15) is 48.9 Å². The fourth-order valence-electron chi connectivity index (χ4n) is 3.13. The highest BCUT2D eigenvalue weighted by Crippen LogP contribution is 2.33. The van der Waals surface area contributed by atoms with Gasteiger partial charge in [0.25, 0.3) is 0 Å². The van der Waals surface area contributed by atoms with Gasteiger partial charge in [-0.15, -0.1) is 0 Å². The molecule has 0 spiro atoms. The Morgan fingerprint density at radius 1 is 0.917 bits per heavy atom. The third-order valence-electron chi connectivity index (χ3n) is 4.80. The van der Waals surface area contributed by atoms with E-state index in [1.807, 2.05) is 0 Å². The largest absolute Gasteiger partial charge is 0.316 e. The van der Waals surface area contributed by atoms with E-state index in [4.69, 9.17) is 0 Å². The Balaban J connectivity index is 1.83. The molecule has 2 aromatic rings. The monoisotopic (exact) mass is 317 g/mol. The highest BCUT2D eigenvalue weighted by molar-refractivity contribution is 5.93. The fourth-order valence-corrected chi connectivity index (χ4v) is 3.13. The van der Waals surface area contributed by atoms with E-state index in [2.05, 4.69) is 85.9 Å². The lowest BCUT2D eigenvalue weighted by atomic mass is 9.93. The summed E-state index contributed by atoms with van der Waals surface area (Å²) in [6.07, 6.45) is 9.15. The number of hydrogen-bond donors (Lipinski definition) is 1. The minimum atomic E-state index is 0.751. The van der Waals surface area contributed by atoms with E-state index >= 15 is 0 Å². The quantitative estimate of drug-likeness (QED) is 0.581. The molecule has 1 aliphatic carbocycles. The van der Waals surface area contributed by atoms with Gasteiger partial charge in [-0.3, -0.25) is 0 Å². The van der Waals surface area contributed by atoms with Crippen molar-refractivity contribution in [3.8, 4) is 0 Å². The van der Waals surface area contributed by atoms with E-state index in [1.54, 1.807) is 0 Å². The second-order valence-electron chi connectivity index (χ2n) is 6.63. The molecule has 0 aromatic heterocycles. The molecule has 0 fully saturated rings. The van der Waals surface area contributed by atoms with Crippen molar-refractivity contribution < 1.29 is 0 Å². The van der Waals surface area contributed by atoms with Gasteiger partial charge < -0.3 is 5.32 Å². The number of fused-ring (bicyclic) bond motifs is 2. The average molecular weight is 317 g/mol. The van der Waals surface area contributed by atoms with Crippen LogP contribution in [0.2, 0.25) is 0 Å². The van der Waals surface area contributed by atoms with Crippen LogP contribution in [0.3, 0.4) is 0 Å². The standard InChI is InChI=1S/C23H27N/c1-3-18(2)17-24-16-8-13-23-21-11-6-4-9-19(21)14-15-20-10-5-7-12-22(20)23/h4-7,9-15,18,24H,3,8,16-17H2,1-2H3. The normalized spacial score (nSPS) is 13.8. The molecule has 24 heavy (non-hydrogen) atoms. The first-order chi connectivity index (χ1) is 11.8. The van der Waals surface area contributed by atoms with Crippen molar-refractivity contribution >= 4 is 17.7 Å². The lowest BCUT2D eigenvalue weighted by molar-refractivity contribution is 0.504. The van der Waals surface area contributed by atoms with Crippen LogP contribution in [0, 0.1) is 5.92 Å². The van der Waals surface area contributed by atoms with Gasteiger partial charge in [-0.2, -0.15) is 0 Å². The summed E-state index contributed by atoms with van der Waals surface area (Å²) in [6, 6.07) is 17.4. The summed E-state index contributed by atoms with van der Waals surface area (Å²) in [7, 11) is 0. The van der Waals surface area contributed by atoms with Gasteiger partial charge in [0.15, 0.2) is 0 Å². The molecule has 0 saturated heterocycles. The highest BCUT2D eigenvalue weighted by atomic mass is 14.8. The zero-order chi connectivity index (χ0) is 16.8. The maximum Gasteiger partial charge on any atom is -0.00138 e. The Morgan fingerprint density at radius 3 is 2.08 bits per heavy atom. The Kier molecular flexibility index (Phi) is 5.66. The van der Waals surface area contributed by atoms with Gasteiger partial charge in [0, 0.05) is 0 Å². The summed E-state index contributed by atoms with van der Waals surface area (Å²) in [6.45, 7) is 6.69. The fraction of sp³-hybridized carbons (Fsp3) is 0.304. The van der Waals surface area contributed by atoms with Crippen LogP contribution in [0.5, 0.6) is 0 Å². The van der Waals surface area contributed by atoms with Crippen molar-refractivity contribution in [2.24, 2.45) is 5.92 Å². The van der Waals surface area contributed by atoms with E-state index in [1.165, 1.54) is 34.2 Å². The maximum absolute atomic E-state index is 3.58. The third kappa shape index (κ3) is 3.85. The molecule has 2 aromatic carbocycles. The van der Waals surface area contributed by atoms with Crippen molar-refractivity contribution in [3.63, 3.8) is 0 Å². The Hall–Kier alpha value is -2.12. The molecule has 0 heterocycles. The van der Waals surface area contributed by atoms with E-state index in [0.29, 0.717) is 0 Å². The van der Waals surface area contributed by atoms with Gasteiger partial charge in [0.05, 0.1) is 0 Å². The molecule has 1 nitrogen and oxygen atoms in total. The minimum Gasteiger partial charge on any atom is -0.316 e. The lowest BCUT2D eigenvalue weighted by Crippen LogP contribution is -2.21. The molecule has 3 rings (SSSR count). The summed E-state index contributed by atoms with van der Waals surface area (Å²) in [5.41, 5.74) is 6.62. The van der Waals surface area contributed by atoms with Crippen molar-refractivity contribution in [2.75, 3.05) is 13.1 Å². The molecule has 1 aliphatic rings. The SMILES string of the molecule is CCC(C)CNCCC=C1c2ccccc2C=Cc2ccccc21. The molecule has 0 radical (unpaired) electrons. The predicted octanol–water partition coefficient (Wildman–Crippen LogP) is 5.63. The van der Waals surface area contributed by atoms with Crippen molar-refractivity contribution in [1.82, 2.24) is 5.32 Å². The molecule has 124 valence electrons. The summed E-state index contributed by atoms with van der Waals surface area (Å²) in [5.74, 6) is 0.751. The van der Waals surface area contributed by atoms with Crippen LogP contribution in [0.25, 0.3) is 17.7 Å². The van der Waals surface area contributed by atoms with Crippen molar-refractivity contribution in [2.45, 2.75) is 26.7 Å². The molecule has 1 heteroatoms. The highest BCUT2D eigenvalue weighted by Gasteiger charge is 2.13. The van der Waals surface area contributed by atoms with Crippen LogP contribution >= 0.6 is 0 Å². The van der Waals surface area contributed by atoms with E-state index in [9.17, 15) is 0 Å². The van der Waals surface area contributed by atoms with Crippen molar-refractivity contribution in [3.05, 3.63) is 76.9 Å². The summed E-state index contributed by atoms with van der Waals surface area (Å²) in [4.78, 5) is 0. The average Bonchev–Trinajstić information content (AvgIpc) is 2.78. The van der Waals surface area contributed by atoms with Crippen LogP contribution < -0.4 is 5.32 Å². The number of rotatable bonds is 6. The van der Waals surface area contributed by atoms with Crippen LogP contribution in [0.15, 0.2) is 54.6 Å². The smallest absolute Gasteiger partial charge is 0.00138 e. The molecule has 1 unspecified atom stereocenters. The molecule has 1 N–H and O–H groups in total.